The minimum Gasteiger partial charge on any atom is -0.301 e. The van der Waals surface area contributed by atoms with Crippen molar-refractivity contribution < 1.29 is 0 Å². The van der Waals surface area contributed by atoms with Crippen LogP contribution in [0.1, 0.15) is 95.9 Å². The molecule has 31 heavy (non-hydrogen) atoms. The number of halogens is 1. The van der Waals surface area contributed by atoms with Crippen LogP contribution in [0.5, 0.6) is 0 Å². The van der Waals surface area contributed by atoms with Crippen molar-refractivity contribution in [3.05, 3.63) is 39.8 Å². The average Bonchev–Trinajstić information content (AvgIpc) is 2.77. The maximum atomic E-state index is 13.1. The van der Waals surface area contributed by atoms with Gasteiger partial charge in [0.2, 0.25) is 0 Å². The number of hydrogen-bond acceptors (Lipinski definition) is 3. The van der Waals surface area contributed by atoms with E-state index in [1.165, 1.54) is 77.0 Å². The Labute approximate surface area is 191 Å². The fourth-order valence-electron chi connectivity index (χ4n) is 6.77. The standard InChI is InChI=1S/C26H36ClN3O/c27-25-26(31)30(24-16-9-8-15-23(24)28-25)22-17-20-13-10-14-21(18-22)29(20)19-11-6-4-2-1-3-5-7-12-19/h8-9,15-16,19-22H,1-7,10-14,17-18H2/t20-,21+,22?. The Hall–Kier alpha value is -1.39. The third-order valence-corrected chi connectivity index (χ3v) is 8.37. The molecule has 3 heterocycles. The van der Waals surface area contributed by atoms with Crippen LogP contribution >= 0.6 is 11.6 Å². The highest BCUT2D eigenvalue weighted by Crippen LogP contribution is 2.42. The zero-order valence-electron chi connectivity index (χ0n) is 18.6. The molecule has 0 N–H and O–H groups in total. The van der Waals surface area contributed by atoms with Gasteiger partial charge in [-0.3, -0.25) is 9.69 Å². The first-order valence-corrected chi connectivity index (χ1v) is 13.0. The molecule has 0 amide bonds. The molecule has 4 nitrogen and oxygen atoms in total. The predicted molar refractivity (Wildman–Crippen MR) is 128 cm³/mol. The summed E-state index contributed by atoms with van der Waals surface area (Å²) in [7, 11) is 0. The lowest BCUT2D eigenvalue weighted by Crippen LogP contribution is -2.57. The second-order valence-corrected chi connectivity index (χ2v) is 10.4. The normalized spacial score (nSPS) is 29.1. The first-order valence-electron chi connectivity index (χ1n) is 12.7. The molecule has 3 aliphatic rings. The molecule has 1 aliphatic carbocycles. The van der Waals surface area contributed by atoms with Crippen LogP contribution in [0.3, 0.4) is 0 Å². The van der Waals surface area contributed by atoms with E-state index in [0.29, 0.717) is 12.1 Å². The summed E-state index contributed by atoms with van der Waals surface area (Å²) < 4.78 is 1.99. The fourth-order valence-corrected chi connectivity index (χ4v) is 6.95. The van der Waals surface area contributed by atoms with E-state index < -0.39 is 0 Å². The maximum Gasteiger partial charge on any atom is 0.288 e. The number of nitrogens with zero attached hydrogens (tertiary/aromatic N) is 3. The largest absolute Gasteiger partial charge is 0.301 e. The highest BCUT2D eigenvalue weighted by molar-refractivity contribution is 6.29. The van der Waals surface area contributed by atoms with E-state index in [0.717, 1.165) is 29.9 Å². The topological polar surface area (TPSA) is 38.1 Å². The molecule has 2 aliphatic heterocycles. The van der Waals surface area contributed by atoms with Crippen LogP contribution in [-0.4, -0.2) is 32.6 Å². The number of benzene rings is 1. The van der Waals surface area contributed by atoms with Crippen molar-refractivity contribution in [2.45, 2.75) is 114 Å². The molecule has 1 aromatic carbocycles. The molecule has 5 heteroatoms. The Morgan fingerprint density at radius 1 is 0.742 bits per heavy atom. The minimum absolute atomic E-state index is 0.110. The van der Waals surface area contributed by atoms with Gasteiger partial charge in [0.05, 0.1) is 11.0 Å². The lowest BCUT2D eigenvalue weighted by atomic mass is 9.79. The third kappa shape index (κ3) is 4.43. The summed E-state index contributed by atoms with van der Waals surface area (Å²) in [5, 5.41) is 0.110. The van der Waals surface area contributed by atoms with Gasteiger partial charge in [-0.15, -0.1) is 0 Å². The monoisotopic (exact) mass is 441 g/mol. The Morgan fingerprint density at radius 3 is 2.00 bits per heavy atom. The van der Waals surface area contributed by atoms with Crippen molar-refractivity contribution in [2.75, 3.05) is 0 Å². The van der Waals surface area contributed by atoms with Crippen LogP contribution in [0.25, 0.3) is 11.0 Å². The second kappa shape index (κ2) is 9.62. The van der Waals surface area contributed by atoms with E-state index in [1.54, 1.807) is 0 Å². The average molecular weight is 442 g/mol. The first kappa shape index (κ1) is 21.5. The van der Waals surface area contributed by atoms with Crippen molar-refractivity contribution >= 4 is 22.6 Å². The van der Waals surface area contributed by atoms with Gasteiger partial charge in [0, 0.05) is 24.2 Å². The lowest BCUT2D eigenvalue weighted by molar-refractivity contribution is -0.0239. The lowest BCUT2D eigenvalue weighted by Gasteiger charge is -2.53. The van der Waals surface area contributed by atoms with Gasteiger partial charge in [0.25, 0.3) is 5.56 Å². The van der Waals surface area contributed by atoms with Crippen LogP contribution in [0.15, 0.2) is 29.1 Å². The number of fused-ring (bicyclic) bond motifs is 3. The number of aromatic nitrogens is 2. The van der Waals surface area contributed by atoms with Crippen LogP contribution in [-0.2, 0) is 0 Å². The molecule has 2 aromatic rings. The SMILES string of the molecule is O=c1c(Cl)nc2ccccc2n1C1C[C@H]2CCC[C@@H](C1)N2C1CCCCCCCCC1. The van der Waals surface area contributed by atoms with E-state index in [9.17, 15) is 4.79 Å². The Morgan fingerprint density at radius 2 is 1.32 bits per heavy atom. The molecular weight excluding hydrogens is 406 g/mol. The number of piperidine rings is 2. The van der Waals surface area contributed by atoms with Crippen molar-refractivity contribution in [3.63, 3.8) is 0 Å². The summed E-state index contributed by atoms with van der Waals surface area (Å²) in [6.45, 7) is 0. The highest BCUT2D eigenvalue weighted by atomic mass is 35.5. The maximum absolute atomic E-state index is 13.1. The molecule has 1 saturated carbocycles. The van der Waals surface area contributed by atoms with Gasteiger partial charge in [-0.2, -0.15) is 0 Å². The molecule has 3 fully saturated rings. The molecule has 2 saturated heterocycles. The molecule has 2 bridgehead atoms. The van der Waals surface area contributed by atoms with E-state index in [-0.39, 0.29) is 16.8 Å². The van der Waals surface area contributed by atoms with Crippen molar-refractivity contribution in [1.29, 1.82) is 0 Å². The first-order chi connectivity index (χ1) is 15.2. The van der Waals surface area contributed by atoms with Gasteiger partial charge in [0.15, 0.2) is 5.15 Å². The van der Waals surface area contributed by atoms with Gasteiger partial charge in [-0.1, -0.05) is 75.1 Å². The van der Waals surface area contributed by atoms with E-state index >= 15 is 0 Å². The van der Waals surface area contributed by atoms with E-state index in [1.807, 2.05) is 28.8 Å². The summed E-state index contributed by atoms with van der Waals surface area (Å²) in [5.41, 5.74) is 1.65. The van der Waals surface area contributed by atoms with E-state index in [2.05, 4.69) is 9.88 Å². The van der Waals surface area contributed by atoms with Gasteiger partial charge >= 0.3 is 0 Å². The van der Waals surface area contributed by atoms with Crippen LogP contribution < -0.4 is 5.56 Å². The van der Waals surface area contributed by atoms with Gasteiger partial charge in [-0.05, 0) is 50.7 Å². The molecule has 168 valence electrons. The van der Waals surface area contributed by atoms with Crippen molar-refractivity contribution in [1.82, 2.24) is 14.5 Å². The molecular formula is C26H36ClN3O. The zero-order valence-corrected chi connectivity index (χ0v) is 19.4. The molecule has 5 rings (SSSR count). The van der Waals surface area contributed by atoms with Gasteiger partial charge in [-0.25, -0.2) is 4.98 Å². The molecule has 1 unspecified atom stereocenters. The fraction of sp³-hybridized carbons (Fsp3) is 0.692. The number of rotatable bonds is 2. The van der Waals surface area contributed by atoms with Crippen LogP contribution in [0, 0.1) is 0 Å². The Kier molecular flexibility index (Phi) is 6.66. The van der Waals surface area contributed by atoms with Gasteiger partial charge < -0.3 is 4.57 Å². The van der Waals surface area contributed by atoms with Gasteiger partial charge in [0.1, 0.15) is 0 Å². The highest BCUT2D eigenvalue weighted by Gasteiger charge is 2.42. The summed E-state index contributed by atoms with van der Waals surface area (Å²) in [6.07, 6.45) is 18.6. The van der Waals surface area contributed by atoms with Crippen molar-refractivity contribution in [2.24, 2.45) is 0 Å². The number of para-hydroxylation sites is 2. The number of hydrogen-bond donors (Lipinski definition) is 0. The summed E-state index contributed by atoms with van der Waals surface area (Å²) in [5.74, 6) is 0. The second-order valence-electron chi connectivity index (χ2n) is 10.1. The predicted octanol–water partition coefficient (Wildman–Crippen LogP) is 6.50. The smallest absolute Gasteiger partial charge is 0.288 e. The molecule has 3 atom stereocenters. The van der Waals surface area contributed by atoms with Crippen molar-refractivity contribution in [3.8, 4) is 0 Å². The Balaban J connectivity index is 1.42. The summed E-state index contributed by atoms with van der Waals surface area (Å²) >= 11 is 6.29. The zero-order chi connectivity index (χ0) is 21.2. The van der Waals surface area contributed by atoms with Crippen LogP contribution in [0.4, 0.5) is 0 Å². The van der Waals surface area contributed by atoms with Crippen LogP contribution in [0.2, 0.25) is 5.15 Å². The summed E-state index contributed by atoms with van der Waals surface area (Å²) in [4.78, 5) is 20.4. The van der Waals surface area contributed by atoms with E-state index in [4.69, 9.17) is 11.6 Å². The Bertz CT molecular complexity index is 933. The molecule has 0 spiro atoms. The third-order valence-electron chi connectivity index (χ3n) is 8.12. The molecule has 0 radical (unpaired) electrons. The summed E-state index contributed by atoms with van der Waals surface area (Å²) in [6, 6.07) is 10.1. The minimum atomic E-state index is -0.115. The quantitative estimate of drug-likeness (QED) is 0.533. The molecule has 1 aromatic heterocycles.